The quantitative estimate of drug-likeness (QED) is 0.783. The minimum Gasteiger partial charge on any atom is -0.381 e. The zero-order valence-electron chi connectivity index (χ0n) is 8.41. The lowest BCUT2D eigenvalue weighted by Crippen LogP contribution is -2.59. The molecule has 2 heterocycles. The number of hydrogen-bond acceptors (Lipinski definition) is 3. The monoisotopic (exact) mass is 242 g/mol. The predicted octanol–water partition coefficient (Wildman–Crippen LogP) is 0.901. The van der Waals surface area contributed by atoms with Gasteiger partial charge in [0, 0.05) is 44.8 Å². The molecule has 0 radical (unpaired) electrons. The second-order valence-corrected chi connectivity index (χ2v) is 4.11. The summed E-state index contributed by atoms with van der Waals surface area (Å²) >= 11 is 0. The maximum Gasteiger partial charge on any atom is 0.0472 e. The van der Waals surface area contributed by atoms with Crippen LogP contribution in [-0.4, -0.2) is 44.3 Å². The van der Waals surface area contributed by atoms with E-state index in [1.54, 1.807) is 0 Å². The van der Waals surface area contributed by atoms with Crippen LogP contribution in [0.5, 0.6) is 0 Å². The van der Waals surface area contributed by atoms with Gasteiger partial charge in [-0.2, -0.15) is 0 Å². The molecule has 2 fully saturated rings. The van der Waals surface area contributed by atoms with Crippen molar-refractivity contribution in [3.8, 4) is 0 Å². The largest absolute Gasteiger partial charge is 0.381 e. The number of halogens is 2. The van der Waals surface area contributed by atoms with Crippen molar-refractivity contribution < 1.29 is 4.74 Å². The third-order valence-electron chi connectivity index (χ3n) is 3.12. The number of nitrogens with two attached hydrogens (primary N) is 1. The van der Waals surface area contributed by atoms with Gasteiger partial charge in [0.2, 0.25) is 0 Å². The van der Waals surface area contributed by atoms with E-state index in [1.807, 2.05) is 0 Å². The van der Waals surface area contributed by atoms with Crippen LogP contribution in [0.3, 0.4) is 0 Å². The standard InChI is InChI=1S/C9H18N2O.2ClH/c10-3-4-11-7-9(8-11)1-5-12-6-2-9;;/h1-8,10H2;2*1H. The molecule has 0 aliphatic carbocycles. The van der Waals surface area contributed by atoms with Gasteiger partial charge in [0.25, 0.3) is 0 Å². The third kappa shape index (κ3) is 2.97. The lowest BCUT2D eigenvalue weighted by molar-refractivity contribution is -0.0790. The van der Waals surface area contributed by atoms with Crippen LogP contribution >= 0.6 is 24.8 Å². The number of nitrogens with zero attached hydrogens (tertiary/aromatic N) is 1. The molecule has 2 rings (SSSR count). The Kier molecular flexibility index (Phi) is 6.33. The number of rotatable bonds is 2. The summed E-state index contributed by atoms with van der Waals surface area (Å²) in [6.07, 6.45) is 2.52. The zero-order chi connectivity index (χ0) is 8.44. The van der Waals surface area contributed by atoms with Crippen LogP contribution in [0.2, 0.25) is 0 Å². The summed E-state index contributed by atoms with van der Waals surface area (Å²) in [6, 6.07) is 0. The Morgan fingerprint density at radius 1 is 1.14 bits per heavy atom. The molecule has 0 bridgehead atoms. The van der Waals surface area contributed by atoms with E-state index in [4.69, 9.17) is 10.5 Å². The Bertz CT molecular complexity index is 155. The first-order chi connectivity index (χ1) is 5.85. The Labute approximate surface area is 98.2 Å². The predicted molar refractivity (Wildman–Crippen MR) is 62.5 cm³/mol. The molecular formula is C9H20Cl2N2O. The topological polar surface area (TPSA) is 38.5 Å². The Hall–Kier alpha value is 0.460. The average Bonchev–Trinajstić information content (AvgIpc) is 2.04. The summed E-state index contributed by atoms with van der Waals surface area (Å²) < 4.78 is 5.35. The van der Waals surface area contributed by atoms with Gasteiger partial charge in [0.15, 0.2) is 0 Å². The minimum atomic E-state index is 0. The maximum atomic E-state index is 5.49. The van der Waals surface area contributed by atoms with Crippen LogP contribution in [-0.2, 0) is 4.74 Å². The van der Waals surface area contributed by atoms with E-state index in [1.165, 1.54) is 25.9 Å². The van der Waals surface area contributed by atoms with Gasteiger partial charge in [0.1, 0.15) is 0 Å². The van der Waals surface area contributed by atoms with E-state index >= 15 is 0 Å². The van der Waals surface area contributed by atoms with Crippen molar-refractivity contribution in [1.29, 1.82) is 0 Å². The average molecular weight is 243 g/mol. The molecule has 0 aromatic heterocycles. The fraction of sp³-hybridized carbons (Fsp3) is 1.00. The van der Waals surface area contributed by atoms with Crippen LogP contribution < -0.4 is 5.73 Å². The Morgan fingerprint density at radius 2 is 1.71 bits per heavy atom. The van der Waals surface area contributed by atoms with E-state index in [0.717, 1.165) is 26.3 Å². The summed E-state index contributed by atoms with van der Waals surface area (Å²) in [7, 11) is 0. The van der Waals surface area contributed by atoms with Gasteiger partial charge in [-0.1, -0.05) is 0 Å². The fourth-order valence-electron chi connectivity index (χ4n) is 2.36. The van der Waals surface area contributed by atoms with E-state index in [-0.39, 0.29) is 24.8 Å². The first-order valence-corrected chi connectivity index (χ1v) is 4.85. The molecule has 2 saturated heterocycles. The van der Waals surface area contributed by atoms with E-state index in [2.05, 4.69) is 4.90 Å². The minimum absolute atomic E-state index is 0. The van der Waals surface area contributed by atoms with Crippen LogP contribution in [0.25, 0.3) is 0 Å². The summed E-state index contributed by atoms with van der Waals surface area (Å²) in [4.78, 5) is 2.45. The van der Waals surface area contributed by atoms with Crippen molar-refractivity contribution in [1.82, 2.24) is 4.90 Å². The maximum absolute atomic E-state index is 5.49. The molecule has 14 heavy (non-hydrogen) atoms. The molecule has 0 amide bonds. The number of hydrogen-bond donors (Lipinski definition) is 1. The summed E-state index contributed by atoms with van der Waals surface area (Å²) in [5.41, 5.74) is 6.11. The second-order valence-electron chi connectivity index (χ2n) is 4.11. The van der Waals surface area contributed by atoms with Crippen LogP contribution in [0.4, 0.5) is 0 Å². The molecule has 0 unspecified atom stereocenters. The highest BCUT2D eigenvalue weighted by Crippen LogP contribution is 2.39. The summed E-state index contributed by atoms with van der Waals surface area (Å²) in [5, 5.41) is 0. The molecule has 86 valence electrons. The van der Waals surface area contributed by atoms with E-state index < -0.39 is 0 Å². The van der Waals surface area contributed by atoms with Crippen molar-refractivity contribution in [2.75, 3.05) is 39.4 Å². The molecule has 3 nitrogen and oxygen atoms in total. The first-order valence-electron chi connectivity index (χ1n) is 4.85. The lowest BCUT2D eigenvalue weighted by Gasteiger charge is -2.52. The molecule has 2 aliphatic rings. The second kappa shape index (κ2) is 6.13. The number of likely N-dealkylation sites (tertiary alicyclic amines) is 1. The van der Waals surface area contributed by atoms with E-state index in [0.29, 0.717) is 5.41 Å². The first kappa shape index (κ1) is 14.5. The van der Waals surface area contributed by atoms with E-state index in [9.17, 15) is 0 Å². The van der Waals surface area contributed by atoms with Gasteiger partial charge in [-0.05, 0) is 12.8 Å². The van der Waals surface area contributed by atoms with Gasteiger partial charge in [-0.25, -0.2) is 0 Å². The Morgan fingerprint density at radius 3 is 2.21 bits per heavy atom. The van der Waals surface area contributed by atoms with Crippen molar-refractivity contribution in [3.63, 3.8) is 0 Å². The molecular weight excluding hydrogens is 223 g/mol. The molecule has 0 saturated carbocycles. The van der Waals surface area contributed by atoms with Crippen molar-refractivity contribution in [2.45, 2.75) is 12.8 Å². The van der Waals surface area contributed by atoms with Crippen molar-refractivity contribution in [3.05, 3.63) is 0 Å². The van der Waals surface area contributed by atoms with Crippen LogP contribution in [0.15, 0.2) is 0 Å². The molecule has 2 N–H and O–H groups in total. The molecule has 0 aromatic carbocycles. The summed E-state index contributed by atoms with van der Waals surface area (Å²) in [6.45, 7) is 6.32. The highest BCUT2D eigenvalue weighted by Gasteiger charge is 2.42. The van der Waals surface area contributed by atoms with Gasteiger partial charge in [0.05, 0.1) is 0 Å². The van der Waals surface area contributed by atoms with Crippen LogP contribution in [0.1, 0.15) is 12.8 Å². The summed E-state index contributed by atoms with van der Waals surface area (Å²) in [5.74, 6) is 0. The molecule has 0 atom stereocenters. The lowest BCUT2D eigenvalue weighted by atomic mass is 9.73. The Balaban J connectivity index is 0.000000845. The number of ether oxygens (including phenoxy) is 1. The van der Waals surface area contributed by atoms with Gasteiger partial charge in [-0.3, -0.25) is 0 Å². The molecule has 5 heteroatoms. The molecule has 2 aliphatic heterocycles. The molecule has 0 aromatic rings. The van der Waals surface area contributed by atoms with Gasteiger partial charge >= 0.3 is 0 Å². The smallest absolute Gasteiger partial charge is 0.0472 e. The van der Waals surface area contributed by atoms with Gasteiger partial charge in [-0.15, -0.1) is 24.8 Å². The van der Waals surface area contributed by atoms with Crippen molar-refractivity contribution >= 4 is 24.8 Å². The zero-order valence-corrected chi connectivity index (χ0v) is 10.0. The van der Waals surface area contributed by atoms with Crippen molar-refractivity contribution in [2.24, 2.45) is 11.1 Å². The van der Waals surface area contributed by atoms with Crippen LogP contribution in [0, 0.1) is 5.41 Å². The highest BCUT2D eigenvalue weighted by molar-refractivity contribution is 5.85. The highest BCUT2D eigenvalue weighted by atomic mass is 35.5. The normalized spacial score (nSPS) is 24.6. The third-order valence-corrected chi connectivity index (χ3v) is 3.12. The molecule has 1 spiro atoms. The van der Waals surface area contributed by atoms with Gasteiger partial charge < -0.3 is 15.4 Å². The SMILES string of the molecule is Cl.Cl.NCCN1CC2(CCOCC2)C1. The fourth-order valence-corrected chi connectivity index (χ4v) is 2.36.